The maximum Gasteiger partial charge on any atom is 0.182 e. The number of aryl methyl sites for hydroxylation is 1. The summed E-state index contributed by atoms with van der Waals surface area (Å²) in [6.45, 7) is 13.1. The molecule has 112 valence electrons. The fraction of sp³-hybridized carbons (Fsp3) is 0.588. The first kappa shape index (κ1) is 16.9. The van der Waals surface area contributed by atoms with Crippen molar-refractivity contribution in [1.82, 2.24) is 4.90 Å². The van der Waals surface area contributed by atoms with E-state index in [-0.39, 0.29) is 5.78 Å². The number of carbonyl (C=O) groups excluding carboxylic acids is 1. The Morgan fingerprint density at radius 3 is 2.10 bits per heavy atom. The molecular formula is C17H27NO2. The summed E-state index contributed by atoms with van der Waals surface area (Å²) in [5, 5.41) is 0. The Bertz CT molecular complexity index is 417. The third-order valence-corrected chi connectivity index (χ3v) is 3.67. The smallest absolute Gasteiger partial charge is 0.182 e. The number of rotatable bonds is 3. The van der Waals surface area contributed by atoms with Crippen LogP contribution in [0.5, 0.6) is 0 Å². The van der Waals surface area contributed by atoms with Crippen molar-refractivity contribution in [2.45, 2.75) is 40.2 Å². The molecular weight excluding hydrogens is 250 g/mol. The Labute approximate surface area is 122 Å². The van der Waals surface area contributed by atoms with Crippen LogP contribution >= 0.6 is 0 Å². The maximum atomic E-state index is 12.6. The first-order chi connectivity index (χ1) is 9.51. The van der Waals surface area contributed by atoms with Crippen molar-refractivity contribution >= 4 is 5.78 Å². The largest absolute Gasteiger partial charge is 0.379 e. The highest BCUT2D eigenvalue weighted by Crippen LogP contribution is 2.22. The number of nitrogens with zero attached hydrogens (tertiary/aromatic N) is 1. The number of hydrogen-bond donors (Lipinski definition) is 0. The van der Waals surface area contributed by atoms with Crippen molar-refractivity contribution in [3.8, 4) is 0 Å². The van der Waals surface area contributed by atoms with Gasteiger partial charge in [0.25, 0.3) is 0 Å². The van der Waals surface area contributed by atoms with Crippen molar-refractivity contribution in [2.24, 2.45) is 0 Å². The molecule has 1 aliphatic heterocycles. The second-order valence-corrected chi connectivity index (χ2v) is 5.35. The summed E-state index contributed by atoms with van der Waals surface area (Å²) in [6.07, 6.45) is 0. The van der Waals surface area contributed by atoms with Crippen LogP contribution < -0.4 is 0 Å². The number of morpholine rings is 1. The molecule has 3 nitrogen and oxygen atoms in total. The number of Topliss-reactive ketones (excluding diaryl/α,β-unsaturated/α-hetero) is 1. The van der Waals surface area contributed by atoms with Crippen LogP contribution in [0.15, 0.2) is 24.3 Å². The SMILES string of the molecule is CC.Cc1ccc(C(=O)C(C)(C)N2CCOCC2)cc1. The molecule has 0 atom stereocenters. The van der Waals surface area contributed by atoms with E-state index in [1.54, 1.807) is 0 Å². The van der Waals surface area contributed by atoms with Crippen LogP contribution in [0.4, 0.5) is 0 Å². The zero-order valence-corrected chi connectivity index (χ0v) is 13.4. The standard InChI is InChI=1S/C15H21NO2.C2H6/c1-12-4-6-13(7-5-12)14(17)15(2,3)16-8-10-18-11-9-16;1-2/h4-7H,8-11H2,1-3H3;1-2H3. The fourth-order valence-electron chi connectivity index (χ4n) is 2.32. The minimum absolute atomic E-state index is 0.185. The van der Waals surface area contributed by atoms with E-state index in [2.05, 4.69) is 4.90 Å². The van der Waals surface area contributed by atoms with Gasteiger partial charge in [-0.3, -0.25) is 9.69 Å². The molecule has 3 heteroatoms. The molecule has 1 saturated heterocycles. The molecule has 1 fully saturated rings. The van der Waals surface area contributed by atoms with Crippen molar-refractivity contribution < 1.29 is 9.53 Å². The summed E-state index contributed by atoms with van der Waals surface area (Å²) in [4.78, 5) is 14.8. The lowest BCUT2D eigenvalue weighted by atomic mass is 9.90. The summed E-state index contributed by atoms with van der Waals surface area (Å²) in [7, 11) is 0. The lowest BCUT2D eigenvalue weighted by molar-refractivity contribution is -0.00429. The van der Waals surface area contributed by atoms with Crippen molar-refractivity contribution in [2.75, 3.05) is 26.3 Å². The number of carbonyl (C=O) groups is 1. The highest BCUT2D eigenvalue weighted by atomic mass is 16.5. The van der Waals surface area contributed by atoms with Crippen LogP contribution in [0.2, 0.25) is 0 Å². The monoisotopic (exact) mass is 277 g/mol. The van der Waals surface area contributed by atoms with Gasteiger partial charge in [-0.1, -0.05) is 43.7 Å². The van der Waals surface area contributed by atoms with Crippen LogP contribution in [-0.4, -0.2) is 42.5 Å². The minimum Gasteiger partial charge on any atom is -0.379 e. The fourth-order valence-corrected chi connectivity index (χ4v) is 2.32. The van der Waals surface area contributed by atoms with Crippen molar-refractivity contribution in [1.29, 1.82) is 0 Å². The lowest BCUT2D eigenvalue weighted by Crippen LogP contribution is -2.54. The number of ether oxygens (including phenoxy) is 1. The van der Waals surface area contributed by atoms with Gasteiger partial charge in [-0.15, -0.1) is 0 Å². The Balaban J connectivity index is 0.000000956. The number of hydrogen-bond acceptors (Lipinski definition) is 3. The Hall–Kier alpha value is -1.19. The van der Waals surface area contributed by atoms with Gasteiger partial charge in [0, 0.05) is 18.7 Å². The molecule has 0 amide bonds. The summed E-state index contributed by atoms with van der Waals surface area (Å²) < 4.78 is 5.34. The second kappa shape index (κ2) is 7.55. The second-order valence-electron chi connectivity index (χ2n) is 5.35. The molecule has 1 aromatic carbocycles. The van der Waals surface area contributed by atoms with E-state index < -0.39 is 5.54 Å². The van der Waals surface area contributed by atoms with E-state index in [4.69, 9.17) is 4.74 Å². The summed E-state index contributed by atoms with van der Waals surface area (Å²) in [5.74, 6) is 0.185. The molecule has 0 N–H and O–H groups in total. The van der Waals surface area contributed by atoms with E-state index in [9.17, 15) is 4.79 Å². The average molecular weight is 277 g/mol. The quantitative estimate of drug-likeness (QED) is 0.794. The van der Waals surface area contributed by atoms with E-state index in [0.29, 0.717) is 13.2 Å². The predicted molar refractivity (Wildman–Crippen MR) is 83.3 cm³/mol. The molecule has 0 aliphatic carbocycles. The van der Waals surface area contributed by atoms with Gasteiger partial charge in [0.05, 0.1) is 18.8 Å². The molecule has 0 radical (unpaired) electrons. The summed E-state index contributed by atoms with van der Waals surface area (Å²) >= 11 is 0. The summed E-state index contributed by atoms with van der Waals surface area (Å²) in [5.41, 5.74) is 1.51. The third kappa shape index (κ3) is 3.90. The molecule has 0 unspecified atom stereocenters. The van der Waals surface area contributed by atoms with Gasteiger partial charge in [-0.2, -0.15) is 0 Å². The number of benzene rings is 1. The number of ketones is 1. The van der Waals surface area contributed by atoms with Gasteiger partial charge in [-0.25, -0.2) is 0 Å². The summed E-state index contributed by atoms with van der Waals surface area (Å²) in [6, 6.07) is 7.81. The zero-order valence-electron chi connectivity index (χ0n) is 13.4. The highest BCUT2D eigenvalue weighted by molar-refractivity contribution is 6.02. The maximum absolute atomic E-state index is 12.6. The van der Waals surface area contributed by atoms with E-state index in [0.717, 1.165) is 18.7 Å². The molecule has 0 spiro atoms. The van der Waals surface area contributed by atoms with Crippen LogP contribution in [-0.2, 0) is 4.74 Å². The van der Waals surface area contributed by atoms with Crippen LogP contribution in [0.3, 0.4) is 0 Å². The Morgan fingerprint density at radius 2 is 1.60 bits per heavy atom. The normalized spacial score (nSPS) is 16.2. The van der Waals surface area contributed by atoms with E-state index >= 15 is 0 Å². The van der Waals surface area contributed by atoms with Gasteiger partial charge in [-0.05, 0) is 20.8 Å². The highest BCUT2D eigenvalue weighted by Gasteiger charge is 2.35. The minimum atomic E-state index is -0.459. The molecule has 20 heavy (non-hydrogen) atoms. The van der Waals surface area contributed by atoms with E-state index in [1.807, 2.05) is 58.9 Å². The third-order valence-electron chi connectivity index (χ3n) is 3.67. The predicted octanol–water partition coefficient (Wildman–Crippen LogP) is 3.31. The van der Waals surface area contributed by atoms with Gasteiger partial charge in [0.15, 0.2) is 5.78 Å². The molecule has 1 aliphatic rings. The molecule has 1 aromatic rings. The topological polar surface area (TPSA) is 29.5 Å². The van der Waals surface area contributed by atoms with Crippen LogP contribution in [0.1, 0.15) is 43.6 Å². The van der Waals surface area contributed by atoms with Crippen LogP contribution in [0, 0.1) is 6.92 Å². The van der Waals surface area contributed by atoms with E-state index in [1.165, 1.54) is 5.56 Å². The Morgan fingerprint density at radius 1 is 1.10 bits per heavy atom. The van der Waals surface area contributed by atoms with Gasteiger partial charge in [0.2, 0.25) is 0 Å². The van der Waals surface area contributed by atoms with Gasteiger partial charge < -0.3 is 4.74 Å². The van der Waals surface area contributed by atoms with Crippen molar-refractivity contribution in [3.05, 3.63) is 35.4 Å². The Kier molecular flexibility index (Phi) is 6.37. The molecule has 0 aromatic heterocycles. The zero-order chi connectivity index (χ0) is 15.2. The molecule has 0 bridgehead atoms. The first-order valence-electron chi connectivity index (χ1n) is 7.46. The lowest BCUT2D eigenvalue weighted by Gasteiger charge is -2.39. The molecule has 2 rings (SSSR count). The van der Waals surface area contributed by atoms with Gasteiger partial charge >= 0.3 is 0 Å². The first-order valence-corrected chi connectivity index (χ1v) is 7.46. The van der Waals surface area contributed by atoms with Gasteiger partial charge in [0.1, 0.15) is 0 Å². The van der Waals surface area contributed by atoms with Crippen LogP contribution in [0.25, 0.3) is 0 Å². The van der Waals surface area contributed by atoms with Crippen molar-refractivity contribution in [3.63, 3.8) is 0 Å². The molecule has 1 heterocycles. The average Bonchev–Trinajstić information content (AvgIpc) is 2.50. The molecule has 0 saturated carbocycles.